The summed E-state index contributed by atoms with van der Waals surface area (Å²) < 4.78 is 5.20. The van der Waals surface area contributed by atoms with Gasteiger partial charge in [-0.15, -0.1) is 0 Å². The minimum atomic E-state index is 0.0548. The van der Waals surface area contributed by atoms with Gasteiger partial charge in [0.15, 0.2) is 0 Å². The molecular formula is C15H18N4O2. The molecule has 3 heterocycles. The zero-order valence-electron chi connectivity index (χ0n) is 12.0. The lowest BCUT2D eigenvalue weighted by Gasteiger charge is -2.32. The summed E-state index contributed by atoms with van der Waals surface area (Å²) in [5, 5.41) is 3.36. The van der Waals surface area contributed by atoms with Crippen molar-refractivity contribution in [2.75, 3.05) is 18.4 Å². The van der Waals surface area contributed by atoms with Crippen molar-refractivity contribution in [2.24, 2.45) is 0 Å². The first-order valence-electron chi connectivity index (χ1n) is 7.10. The maximum absolute atomic E-state index is 12.4. The molecule has 1 N–H and O–H groups in total. The van der Waals surface area contributed by atoms with Crippen LogP contribution >= 0.6 is 0 Å². The molecule has 0 radical (unpaired) electrons. The first-order valence-corrected chi connectivity index (χ1v) is 7.10. The van der Waals surface area contributed by atoms with Crippen LogP contribution in [0.1, 0.15) is 29.0 Å². The van der Waals surface area contributed by atoms with Crippen LogP contribution in [-0.2, 0) is 0 Å². The Bertz CT molecular complexity index is 603. The molecule has 1 saturated heterocycles. The average Bonchev–Trinajstić information content (AvgIpc) is 2.94. The highest BCUT2D eigenvalue weighted by molar-refractivity contribution is 5.95. The molecule has 0 aliphatic carbocycles. The molecule has 3 rings (SSSR count). The summed E-state index contributed by atoms with van der Waals surface area (Å²) in [6.07, 6.45) is 8.40. The second kappa shape index (κ2) is 5.95. The largest absolute Gasteiger partial charge is 0.469 e. The number of hydrogen-bond donors (Lipinski definition) is 1. The molecular weight excluding hydrogens is 268 g/mol. The Morgan fingerprint density at radius 2 is 2.19 bits per heavy atom. The Hall–Kier alpha value is -2.37. The molecule has 1 amide bonds. The van der Waals surface area contributed by atoms with Gasteiger partial charge in [0.1, 0.15) is 11.6 Å². The van der Waals surface area contributed by atoms with Gasteiger partial charge >= 0.3 is 0 Å². The van der Waals surface area contributed by atoms with Crippen LogP contribution in [0, 0.1) is 6.92 Å². The van der Waals surface area contributed by atoms with E-state index in [0.717, 1.165) is 31.7 Å². The molecule has 1 aliphatic heterocycles. The van der Waals surface area contributed by atoms with Crippen LogP contribution < -0.4 is 5.32 Å². The van der Waals surface area contributed by atoms with Crippen molar-refractivity contribution in [3.05, 3.63) is 42.2 Å². The third-order valence-electron chi connectivity index (χ3n) is 3.79. The number of amides is 1. The van der Waals surface area contributed by atoms with E-state index >= 15 is 0 Å². The van der Waals surface area contributed by atoms with Gasteiger partial charge in [-0.2, -0.15) is 0 Å². The SMILES string of the molecule is Cc1occc1C(=O)N1CCC(Nc2cnccn2)CC1. The Balaban J connectivity index is 1.56. The van der Waals surface area contributed by atoms with Crippen molar-refractivity contribution in [1.82, 2.24) is 14.9 Å². The number of aromatic nitrogens is 2. The Morgan fingerprint density at radius 3 is 2.81 bits per heavy atom. The zero-order chi connectivity index (χ0) is 14.7. The molecule has 110 valence electrons. The van der Waals surface area contributed by atoms with E-state index in [-0.39, 0.29) is 5.91 Å². The maximum atomic E-state index is 12.4. The molecule has 21 heavy (non-hydrogen) atoms. The van der Waals surface area contributed by atoms with Crippen molar-refractivity contribution in [1.29, 1.82) is 0 Å². The molecule has 6 heteroatoms. The molecule has 0 spiro atoms. The Morgan fingerprint density at radius 1 is 1.38 bits per heavy atom. The van der Waals surface area contributed by atoms with Crippen LogP contribution in [-0.4, -0.2) is 39.9 Å². The number of carbonyl (C=O) groups is 1. The summed E-state index contributed by atoms with van der Waals surface area (Å²) in [4.78, 5) is 22.5. The Kier molecular flexibility index (Phi) is 3.85. The minimum Gasteiger partial charge on any atom is -0.469 e. The lowest BCUT2D eigenvalue weighted by atomic mass is 10.0. The third-order valence-corrected chi connectivity index (χ3v) is 3.79. The molecule has 0 unspecified atom stereocenters. The second-order valence-electron chi connectivity index (χ2n) is 5.19. The molecule has 0 atom stereocenters. The Labute approximate surface area is 123 Å². The van der Waals surface area contributed by atoms with Gasteiger partial charge in [0.25, 0.3) is 5.91 Å². The van der Waals surface area contributed by atoms with Gasteiger partial charge in [-0.05, 0) is 25.8 Å². The number of nitrogens with zero attached hydrogens (tertiary/aromatic N) is 3. The molecule has 0 bridgehead atoms. The molecule has 1 aliphatic rings. The van der Waals surface area contributed by atoms with Crippen molar-refractivity contribution in [2.45, 2.75) is 25.8 Å². The number of likely N-dealkylation sites (tertiary alicyclic amines) is 1. The summed E-state index contributed by atoms with van der Waals surface area (Å²) >= 11 is 0. The number of hydrogen-bond acceptors (Lipinski definition) is 5. The smallest absolute Gasteiger partial charge is 0.257 e. The predicted molar refractivity (Wildman–Crippen MR) is 78.0 cm³/mol. The average molecular weight is 286 g/mol. The number of rotatable bonds is 3. The van der Waals surface area contributed by atoms with E-state index < -0.39 is 0 Å². The standard InChI is InChI=1S/C15H18N4O2/c1-11-13(4-9-21-11)15(20)19-7-2-12(3-8-19)18-14-10-16-5-6-17-14/h4-6,9-10,12H,2-3,7-8H2,1H3,(H,17,18). The molecule has 0 saturated carbocycles. The van der Waals surface area contributed by atoms with Crippen LogP contribution in [0.2, 0.25) is 0 Å². The number of anilines is 1. The van der Waals surface area contributed by atoms with Crippen LogP contribution in [0.4, 0.5) is 5.82 Å². The van der Waals surface area contributed by atoms with Gasteiger partial charge in [0.05, 0.1) is 18.0 Å². The highest BCUT2D eigenvalue weighted by atomic mass is 16.3. The summed E-state index contributed by atoms with van der Waals surface area (Å²) in [5.74, 6) is 1.52. The van der Waals surface area contributed by atoms with Gasteiger partial charge in [0, 0.05) is 31.5 Å². The summed E-state index contributed by atoms with van der Waals surface area (Å²) in [6, 6.07) is 2.07. The van der Waals surface area contributed by atoms with Crippen molar-refractivity contribution in [3.8, 4) is 0 Å². The van der Waals surface area contributed by atoms with Crippen molar-refractivity contribution in [3.63, 3.8) is 0 Å². The molecule has 2 aromatic heterocycles. The number of piperidine rings is 1. The van der Waals surface area contributed by atoms with Crippen LogP contribution in [0.25, 0.3) is 0 Å². The molecule has 6 nitrogen and oxygen atoms in total. The zero-order valence-corrected chi connectivity index (χ0v) is 12.0. The van der Waals surface area contributed by atoms with E-state index in [9.17, 15) is 4.79 Å². The van der Waals surface area contributed by atoms with E-state index in [1.54, 1.807) is 30.9 Å². The fraction of sp³-hybridized carbons (Fsp3) is 0.400. The molecule has 2 aromatic rings. The quantitative estimate of drug-likeness (QED) is 0.935. The van der Waals surface area contributed by atoms with E-state index in [4.69, 9.17) is 4.42 Å². The van der Waals surface area contributed by atoms with Crippen LogP contribution in [0.15, 0.2) is 35.3 Å². The molecule has 1 fully saturated rings. The monoisotopic (exact) mass is 286 g/mol. The summed E-state index contributed by atoms with van der Waals surface area (Å²) in [6.45, 7) is 3.29. The maximum Gasteiger partial charge on any atom is 0.257 e. The van der Waals surface area contributed by atoms with E-state index in [2.05, 4.69) is 15.3 Å². The third kappa shape index (κ3) is 3.04. The first kappa shape index (κ1) is 13.6. The van der Waals surface area contributed by atoms with E-state index in [1.807, 2.05) is 11.8 Å². The van der Waals surface area contributed by atoms with E-state index in [1.165, 1.54) is 0 Å². The topological polar surface area (TPSA) is 71.3 Å². The van der Waals surface area contributed by atoms with Gasteiger partial charge in [-0.25, -0.2) is 4.98 Å². The number of carbonyl (C=O) groups excluding carboxylic acids is 1. The number of aryl methyl sites for hydroxylation is 1. The predicted octanol–water partition coefficient (Wildman–Crippen LogP) is 2.09. The lowest BCUT2D eigenvalue weighted by Crippen LogP contribution is -2.42. The fourth-order valence-electron chi connectivity index (χ4n) is 2.59. The van der Waals surface area contributed by atoms with Gasteiger partial charge < -0.3 is 14.6 Å². The number of furan rings is 1. The van der Waals surface area contributed by atoms with E-state index in [0.29, 0.717) is 17.4 Å². The minimum absolute atomic E-state index is 0.0548. The normalized spacial score (nSPS) is 16.0. The summed E-state index contributed by atoms with van der Waals surface area (Å²) in [7, 11) is 0. The number of nitrogens with one attached hydrogen (secondary N) is 1. The fourth-order valence-corrected chi connectivity index (χ4v) is 2.59. The summed E-state index contributed by atoms with van der Waals surface area (Å²) in [5.41, 5.74) is 0.662. The van der Waals surface area contributed by atoms with Crippen LogP contribution in [0.3, 0.4) is 0 Å². The van der Waals surface area contributed by atoms with Gasteiger partial charge in [0.2, 0.25) is 0 Å². The van der Waals surface area contributed by atoms with Gasteiger partial charge in [-0.1, -0.05) is 0 Å². The molecule has 0 aromatic carbocycles. The lowest BCUT2D eigenvalue weighted by molar-refractivity contribution is 0.0716. The highest BCUT2D eigenvalue weighted by Gasteiger charge is 2.25. The first-order chi connectivity index (χ1) is 10.2. The second-order valence-corrected chi connectivity index (χ2v) is 5.19. The van der Waals surface area contributed by atoms with Gasteiger partial charge in [-0.3, -0.25) is 9.78 Å². The van der Waals surface area contributed by atoms with Crippen molar-refractivity contribution >= 4 is 11.7 Å². The highest BCUT2D eigenvalue weighted by Crippen LogP contribution is 2.18. The van der Waals surface area contributed by atoms with Crippen molar-refractivity contribution < 1.29 is 9.21 Å². The van der Waals surface area contributed by atoms with Crippen LogP contribution in [0.5, 0.6) is 0 Å².